The van der Waals surface area contributed by atoms with Gasteiger partial charge in [0.15, 0.2) is 0 Å². The Labute approximate surface area is 166 Å². The van der Waals surface area contributed by atoms with Crippen molar-refractivity contribution in [1.29, 1.82) is 0 Å². The molecule has 0 aliphatic heterocycles. The summed E-state index contributed by atoms with van der Waals surface area (Å²) in [6.45, 7) is 0.387. The van der Waals surface area contributed by atoms with Crippen LogP contribution in [0.25, 0.3) is 11.1 Å². The lowest BCUT2D eigenvalue weighted by Gasteiger charge is -2.19. The molecule has 1 atom stereocenters. The van der Waals surface area contributed by atoms with Crippen LogP contribution in [-0.2, 0) is 16.0 Å². The van der Waals surface area contributed by atoms with E-state index in [-0.39, 0.29) is 12.0 Å². The summed E-state index contributed by atoms with van der Waals surface area (Å²) in [5.74, 6) is 0.713. The van der Waals surface area contributed by atoms with E-state index < -0.39 is 0 Å². The van der Waals surface area contributed by atoms with Crippen molar-refractivity contribution in [3.63, 3.8) is 0 Å². The first-order valence-electron chi connectivity index (χ1n) is 9.28. The van der Waals surface area contributed by atoms with Gasteiger partial charge in [-0.3, -0.25) is 4.79 Å². The first-order valence-corrected chi connectivity index (χ1v) is 9.28. The third-order valence-electron chi connectivity index (χ3n) is 4.68. The van der Waals surface area contributed by atoms with Crippen molar-refractivity contribution in [3.05, 3.63) is 90.0 Å². The Balaban J connectivity index is 1.58. The molecule has 0 saturated heterocycles. The predicted octanol–water partition coefficient (Wildman–Crippen LogP) is 4.41. The van der Waals surface area contributed by atoms with E-state index in [0.29, 0.717) is 13.0 Å². The zero-order valence-corrected chi connectivity index (χ0v) is 16.2. The van der Waals surface area contributed by atoms with E-state index in [1.54, 1.807) is 14.2 Å². The van der Waals surface area contributed by atoms with Crippen LogP contribution in [0.15, 0.2) is 78.9 Å². The van der Waals surface area contributed by atoms with Crippen LogP contribution in [-0.4, -0.2) is 26.7 Å². The molecule has 0 unspecified atom stereocenters. The van der Waals surface area contributed by atoms with E-state index in [2.05, 4.69) is 17.4 Å². The van der Waals surface area contributed by atoms with E-state index in [0.717, 1.165) is 22.4 Å². The van der Waals surface area contributed by atoms with Crippen LogP contribution < -0.4 is 10.1 Å². The largest absolute Gasteiger partial charge is 0.496 e. The van der Waals surface area contributed by atoms with E-state index in [1.165, 1.54) is 5.56 Å². The number of nitrogens with one attached hydrogen (secondary N) is 1. The van der Waals surface area contributed by atoms with Crippen molar-refractivity contribution in [2.24, 2.45) is 0 Å². The first-order chi connectivity index (χ1) is 13.7. The van der Waals surface area contributed by atoms with Crippen molar-refractivity contribution in [2.75, 3.05) is 20.8 Å². The first kappa shape index (κ1) is 19.6. The molecule has 1 amide bonds. The molecule has 0 radical (unpaired) electrons. The van der Waals surface area contributed by atoms with E-state index in [9.17, 15) is 4.79 Å². The van der Waals surface area contributed by atoms with Gasteiger partial charge >= 0.3 is 0 Å². The van der Waals surface area contributed by atoms with Gasteiger partial charge in [0.25, 0.3) is 0 Å². The Morgan fingerprint density at radius 3 is 2.18 bits per heavy atom. The lowest BCUT2D eigenvalue weighted by molar-refractivity contribution is -0.121. The second-order valence-electron chi connectivity index (χ2n) is 6.51. The fraction of sp³-hybridized carbons (Fsp3) is 0.208. The minimum absolute atomic E-state index is 0.0376. The number of hydrogen-bond donors (Lipinski definition) is 1. The van der Waals surface area contributed by atoms with Gasteiger partial charge in [0.05, 0.1) is 13.5 Å². The normalized spacial score (nSPS) is 11.6. The number of para-hydroxylation sites is 1. The number of methoxy groups -OCH3 is 2. The van der Waals surface area contributed by atoms with Crippen LogP contribution in [0, 0.1) is 0 Å². The molecule has 0 aliphatic carbocycles. The van der Waals surface area contributed by atoms with E-state index in [4.69, 9.17) is 9.47 Å². The van der Waals surface area contributed by atoms with Crippen LogP contribution in [0.1, 0.15) is 17.2 Å². The van der Waals surface area contributed by atoms with Gasteiger partial charge in [-0.05, 0) is 22.8 Å². The number of ether oxygens (including phenoxy) is 2. The van der Waals surface area contributed by atoms with E-state index >= 15 is 0 Å². The maximum Gasteiger partial charge on any atom is 0.224 e. The molecule has 0 spiro atoms. The lowest BCUT2D eigenvalue weighted by Crippen LogP contribution is -2.30. The van der Waals surface area contributed by atoms with Gasteiger partial charge < -0.3 is 14.8 Å². The summed E-state index contributed by atoms with van der Waals surface area (Å²) in [5, 5.41) is 2.96. The van der Waals surface area contributed by atoms with E-state index in [1.807, 2.05) is 66.7 Å². The van der Waals surface area contributed by atoms with Gasteiger partial charge in [-0.15, -0.1) is 0 Å². The summed E-state index contributed by atoms with van der Waals surface area (Å²) in [4.78, 5) is 12.4. The summed E-state index contributed by atoms with van der Waals surface area (Å²) in [6.07, 6.45) is 0.0674. The number of hydrogen-bond acceptors (Lipinski definition) is 3. The maximum absolute atomic E-state index is 12.4. The quantitative estimate of drug-likeness (QED) is 0.634. The highest BCUT2D eigenvalue weighted by Gasteiger charge is 2.16. The average Bonchev–Trinajstić information content (AvgIpc) is 2.75. The minimum Gasteiger partial charge on any atom is -0.496 e. The SMILES string of the molecule is COc1ccccc1[C@H](CNC(=O)Cc1ccc(-c2ccccc2)cc1)OC. The van der Waals surface area contributed by atoms with Gasteiger partial charge in [-0.25, -0.2) is 0 Å². The molecule has 0 fully saturated rings. The monoisotopic (exact) mass is 375 g/mol. The van der Waals surface area contributed by atoms with Gasteiger partial charge in [-0.1, -0.05) is 72.8 Å². The van der Waals surface area contributed by atoms with Crippen molar-refractivity contribution in [2.45, 2.75) is 12.5 Å². The number of carbonyl (C=O) groups excluding carboxylic acids is 1. The van der Waals surface area contributed by atoms with Crippen molar-refractivity contribution < 1.29 is 14.3 Å². The van der Waals surface area contributed by atoms with Crippen LogP contribution in [0.5, 0.6) is 5.75 Å². The predicted molar refractivity (Wildman–Crippen MR) is 111 cm³/mol. The summed E-state index contributed by atoms with van der Waals surface area (Å²) >= 11 is 0. The minimum atomic E-state index is -0.263. The third-order valence-corrected chi connectivity index (χ3v) is 4.68. The second-order valence-corrected chi connectivity index (χ2v) is 6.51. The molecule has 0 heterocycles. The molecule has 0 aliphatic rings. The summed E-state index contributed by atoms with van der Waals surface area (Å²) in [7, 11) is 3.26. The smallest absolute Gasteiger partial charge is 0.224 e. The molecular weight excluding hydrogens is 350 g/mol. The van der Waals surface area contributed by atoms with Crippen molar-refractivity contribution in [3.8, 4) is 16.9 Å². The molecule has 0 saturated carbocycles. The fourth-order valence-corrected chi connectivity index (χ4v) is 3.15. The Kier molecular flexibility index (Phi) is 6.82. The highest BCUT2D eigenvalue weighted by atomic mass is 16.5. The van der Waals surface area contributed by atoms with Crippen LogP contribution in [0.2, 0.25) is 0 Å². The van der Waals surface area contributed by atoms with Gasteiger partial charge in [-0.2, -0.15) is 0 Å². The summed E-state index contributed by atoms with van der Waals surface area (Å²) in [6, 6.07) is 25.9. The summed E-state index contributed by atoms with van der Waals surface area (Å²) < 4.78 is 10.9. The molecule has 28 heavy (non-hydrogen) atoms. The van der Waals surface area contributed by atoms with Crippen LogP contribution in [0.4, 0.5) is 0 Å². The zero-order valence-electron chi connectivity index (χ0n) is 16.2. The van der Waals surface area contributed by atoms with Gasteiger partial charge in [0.2, 0.25) is 5.91 Å². The molecule has 4 nitrogen and oxygen atoms in total. The van der Waals surface area contributed by atoms with Crippen LogP contribution >= 0.6 is 0 Å². The average molecular weight is 375 g/mol. The number of benzene rings is 3. The Morgan fingerprint density at radius 1 is 0.857 bits per heavy atom. The molecule has 1 N–H and O–H groups in total. The van der Waals surface area contributed by atoms with Gasteiger partial charge in [0, 0.05) is 19.2 Å². The molecule has 144 valence electrons. The lowest BCUT2D eigenvalue weighted by atomic mass is 10.0. The standard InChI is InChI=1S/C24H25NO3/c1-27-22-11-7-6-10-21(22)23(28-2)17-25-24(26)16-18-12-14-20(15-13-18)19-8-4-3-5-9-19/h3-15,23H,16-17H2,1-2H3,(H,25,26)/t23-/m0/s1. The summed E-state index contributed by atoms with van der Waals surface area (Å²) in [5.41, 5.74) is 4.20. The molecule has 3 rings (SSSR count). The molecule has 3 aromatic rings. The second kappa shape index (κ2) is 9.72. The van der Waals surface area contributed by atoms with Crippen molar-refractivity contribution in [1.82, 2.24) is 5.32 Å². The molecule has 0 aromatic heterocycles. The van der Waals surface area contributed by atoms with Gasteiger partial charge in [0.1, 0.15) is 11.9 Å². The van der Waals surface area contributed by atoms with Crippen molar-refractivity contribution >= 4 is 5.91 Å². The number of amides is 1. The molecule has 3 aromatic carbocycles. The van der Waals surface area contributed by atoms with Crippen LogP contribution in [0.3, 0.4) is 0 Å². The number of carbonyl (C=O) groups is 1. The zero-order chi connectivity index (χ0) is 19.8. The fourth-order valence-electron chi connectivity index (χ4n) is 3.15. The highest BCUT2D eigenvalue weighted by Crippen LogP contribution is 2.26. The Bertz CT molecular complexity index is 891. The Hall–Kier alpha value is -3.11. The number of rotatable bonds is 8. The Morgan fingerprint density at radius 2 is 1.50 bits per heavy atom. The molecule has 0 bridgehead atoms. The topological polar surface area (TPSA) is 47.6 Å². The molecule has 4 heteroatoms. The maximum atomic E-state index is 12.4. The highest BCUT2D eigenvalue weighted by molar-refractivity contribution is 5.79. The third kappa shape index (κ3) is 4.99. The molecular formula is C24H25NO3.